The van der Waals surface area contributed by atoms with Crippen molar-refractivity contribution in [2.75, 3.05) is 0 Å². The minimum absolute atomic E-state index is 0.210. The lowest BCUT2D eigenvalue weighted by atomic mass is 10.2. The number of nitrogens with zero attached hydrogens (tertiary/aromatic N) is 7. The molecule has 0 bridgehead atoms. The smallest absolute Gasteiger partial charge is 0.171 e. The topological polar surface area (TPSA) is 73.8 Å². The van der Waals surface area contributed by atoms with E-state index in [-0.39, 0.29) is 5.69 Å². The number of pyridine rings is 1. The summed E-state index contributed by atoms with van der Waals surface area (Å²) in [4.78, 5) is 17.0. The lowest BCUT2D eigenvalue weighted by Crippen LogP contribution is -2.05. The molecule has 0 amide bonds. The Morgan fingerprint density at radius 1 is 1.21 bits per heavy atom. The minimum atomic E-state index is -0.412. The van der Waals surface area contributed by atoms with E-state index in [0.717, 1.165) is 17.6 Å². The van der Waals surface area contributed by atoms with E-state index in [1.807, 2.05) is 6.92 Å². The standard InChI is InChI=1S/C16H14FN7/c1-2-11-8-18-10-24-15(11)21-13(22-24)9-23-7-6-20-16(23)14-12(17)4-3-5-19-14/h3-8,10H,2,9H2,1H3. The maximum atomic E-state index is 14.0. The van der Waals surface area contributed by atoms with Crippen LogP contribution in [0.3, 0.4) is 0 Å². The van der Waals surface area contributed by atoms with Gasteiger partial charge in [-0.3, -0.25) is 0 Å². The number of aryl methyl sites for hydroxylation is 1. The van der Waals surface area contributed by atoms with Gasteiger partial charge in [-0.1, -0.05) is 6.92 Å². The Morgan fingerprint density at radius 2 is 2.12 bits per heavy atom. The second-order valence-corrected chi connectivity index (χ2v) is 5.28. The Balaban J connectivity index is 1.73. The summed E-state index contributed by atoms with van der Waals surface area (Å²) in [5, 5.41) is 4.43. The van der Waals surface area contributed by atoms with E-state index in [2.05, 4.69) is 25.0 Å². The summed E-state index contributed by atoms with van der Waals surface area (Å²) in [5.74, 6) is 0.638. The molecular weight excluding hydrogens is 309 g/mol. The molecular formula is C16H14FN7. The van der Waals surface area contributed by atoms with Crippen LogP contribution in [0.1, 0.15) is 18.3 Å². The summed E-state index contributed by atoms with van der Waals surface area (Å²) in [7, 11) is 0. The molecule has 24 heavy (non-hydrogen) atoms. The Hall–Kier alpha value is -3.16. The van der Waals surface area contributed by atoms with Gasteiger partial charge in [0.2, 0.25) is 0 Å². The van der Waals surface area contributed by atoms with Crippen LogP contribution in [0.25, 0.3) is 17.2 Å². The molecule has 0 aliphatic heterocycles. The highest BCUT2D eigenvalue weighted by Crippen LogP contribution is 2.19. The van der Waals surface area contributed by atoms with E-state index in [9.17, 15) is 4.39 Å². The summed E-state index contributed by atoms with van der Waals surface area (Å²) >= 11 is 0. The molecule has 0 aliphatic carbocycles. The molecule has 0 saturated heterocycles. The van der Waals surface area contributed by atoms with Gasteiger partial charge in [0.05, 0.1) is 6.54 Å². The highest BCUT2D eigenvalue weighted by molar-refractivity contribution is 5.50. The number of rotatable bonds is 4. The van der Waals surface area contributed by atoms with Gasteiger partial charge < -0.3 is 4.57 Å². The zero-order valence-corrected chi connectivity index (χ0v) is 13.0. The van der Waals surface area contributed by atoms with Crippen molar-refractivity contribution in [2.24, 2.45) is 0 Å². The molecule has 0 saturated carbocycles. The lowest BCUT2D eigenvalue weighted by molar-refractivity contribution is 0.620. The van der Waals surface area contributed by atoms with Gasteiger partial charge in [0, 0.05) is 30.4 Å². The zero-order valence-electron chi connectivity index (χ0n) is 13.0. The number of hydrogen-bond acceptors (Lipinski definition) is 5. The van der Waals surface area contributed by atoms with E-state index >= 15 is 0 Å². The maximum absolute atomic E-state index is 14.0. The van der Waals surface area contributed by atoms with Crippen molar-refractivity contribution in [2.45, 2.75) is 19.9 Å². The molecule has 7 nitrogen and oxygen atoms in total. The van der Waals surface area contributed by atoms with Gasteiger partial charge in [0.1, 0.15) is 12.0 Å². The Kier molecular flexibility index (Phi) is 3.49. The first-order valence-corrected chi connectivity index (χ1v) is 7.56. The highest BCUT2D eigenvalue weighted by atomic mass is 19.1. The third-order valence-electron chi connectivity index (χ3n) is 3.75. The molecule has 8 heteroatoms. The number of aromatic nitrogens is 7. The lowest BCUT2D eigenvalue weighted by Gasteiger charge is -2.05. The van der Waals surface area contributed by atoms with Crippen LogP contribution in [0.15, 0.2) is 43.2 Å². The molecule has 4 rings (SSSR count). The average molecular weight is 323 g/mol. The number of imidazole rings is 1. The number of fused-ring (bicyclic) bond motifs is 1. The fraction of sp³-hybridized carbons (Fsp3) is 0.188. The minimum Gasteiger partial charge on any atom is -0.322 e. The molecule has 0 fully saturated rings. The van der Waals surface area contributed by atoms with Gasteiger partial charge >= 0.3 is 0 Å². The first-order valence-electron chi connectivity index (χ1n) is 7.56. The average Bonchev–Trinajstić information content (AvgIpc) is 3.21. The van der Waals surface area contributed by atoms with Gasteiger partial charge in [-0.25, -0.2) is 28.8 Å². The van der Waals surface area contributed by atoms with E-state index in [4.69, 9.17) is 0 Å². The normalized spacial score (nSPS) is 11.2. The predicted molar refractivity (Wildman–Crippen MR) is 84.7 cm³/mol. The fourth-order valence-corrected chi connectivity index (χ4v) is 2.58. The second kappa shape index (κ2) is 5.80. The van der Waals surface area contributed by atoms with Crippen molar-refractivity contribution in [1.82, 2.24) is 34.1 Å². The van der Waals surface area contributed by atoms with Crippen LogP contribution in [-0.4, -0.2) is 34.1 Å². The van der Waals surface area contributed by atoms with E-state index < -0.39 is 5.82 Å². The van der Waals surface area contributed by atoms with Crippen LogP contribution < -0.4 is 0 Å². The predicted octanol–water partition coefficient (Wildman–Crippen LogP) is 2.13. The number of halogens is 1. The quantitative estimate of drug-likeness (QED) is 0.575. The molecule has 0 aliphatic rings. The van der Waals surface area contributed by atoms with Gasteiger partial charge in [0.25, 0.3) is 0 Å². The van der Waals surface area contributed by atoms with Crippen LogP contribution in [-0.2, 0) is 13.0 Å². The molecule has 0 unspecified atom stereocenters. The summed E-state index contributed by atoms with van der Waals surface area (Å²) in [5.41, 5.74) is 2.02. The molecule has 4 heterocycles. The molecule has 0 spiro atoms. The fourth-order valence-electron chi connectivity index (χ4n) is 2.58. The molecule has 0 aromatic carbocycles. The molecule has 0 atom stereocenters. The van der Waals surface area contributed by atoms with Crippen molar-refractivity contribution < 1.29 is 4.39 Å². The summed E-state index contributed by atoms with van der Waals surface area (Å²) in [6, 6.07) is 2.92. The van der Waals surface area contributed by atoms with Crippen LogP contribution in [0.5, 0.6) is 0 Å². The van der Waals surface area contributed by atoms with Crippen LogP contribution >= 0.6 is 0 Å². The Labute approximate surface area is 136 Å². The summed E-state index contributed by atoms with van der Waals surface area (Å²) < 4.78 is 17.4. The van der Waals surface area contributed by atoms with Crippen molar-refractivity contribution in [3.05, 3.63) is 60.5 Å². The number of hydrogen-bond donors (Lipinski definition) is 0. The van der Waals surface area contributed by atoms with Crippen LogP contribution in [0, 0.1) is 5.82 Å². The first kappa shape index (κ1) is 14.4. The first-order chi connectivity index (χ1) is 11.8. The van der Waals surface area contributed by atoms with Crippen molar-refractivity contribution in [1.29, 1.82) is 0 Å². The zero-order chi connectivity index (χ0) is 16.5. The van der Waals surface area contributed by atoms with Crippen molar-refractivity contribution in [3.8, 4) is 11.5 Å². The van der Waals surface area contributed by atoms with Crippen LogP contribution in [0.4, 0.5) is 4.39 Å². The maximum Gasteiger partial charge on any atom is 0.171 e. The van der Waals surface area contributed by atoms with E-state index in [1.54, 1.807) is 46.3 Å². The summed E-state index contributed by atoms with van der Waals surface area (Å²) in [6.45, 7) is 2.42. The molecule has 0 radical (unpaired) electrons. The largest absolute Gasteiger partial charge is 0.322 e. The second-order valence-electron chi connectivity index (χ2n) is 5.28. The van der Waals surface area contributed by atoms with Gasteiger partial charge in [-0.05, 0) is 18.6 Å². The third kappa shape index (κ3) is 2.41. The summed E-state index contributed by atoms with van der Waals surface area (Å²) in [6.07, 6.45) is 9.15. The van der Waals surface area contributed by atoms with E-state index in [0.29, 0.717) is 18.2 Å². The van der Waals surface area contributed by atoms with Gasteiger partial charge in [0.15, 0.2) is 23.1 Å². The Bertz CT molecular complexity index is 1000. The highest BCUT2D eigenvalue weighted by Gasteiger charge is 2.14. The van der Waals surface area contributed by atoms with Gasteiger partial charge in [-0.15, -0.1) is 5.10 Å². The SMILES string of the molecule is CCc1cncn2nc(Cn3ccnc3-c3ncccc3F)nc12. The van der Waals surface area contributed by atoms with Crippen molar-refractivity contribution >= 4 is 5.65 Å². The van der Waals surface area contributed by atoms with E-state index in [1.165, 1.54) is 6.07 Å². The Morgan fingerprint density at radius 3 is 2.96 bits per heavy atom. The molecule has 120 valence electrons. The molecule has 0 N–H and O–H groups in total. The van der Waals surface area contributed by atoms with Crippen molar-refractivity contribution in [3.63, 3.8) is 0 Å². The molecule has 4 aromatic heterocycles. The monoisotopic (exact) mass is 323 g/mol. The van der Waals surface area contributed by atoms with Gasteiger partial charge in [-0.2, -0.15) is 0 Å². The van der Waals surface area contributed by atoms with Crippen LogP contribution in [0.2, 0.25) is 0 Å². The third-order valence-corrected chi connectivity index (χ3v) is 3.75. The molecule has 4 aromatic rings.